The van der Waals surface area contributed by atoms with Crippen molar-refractivity contribution in [3.63, 3.8) is 0 Å². The number of ether oxygens (including phenoxy) is 1. The highest BCUT2D eigenvalue weighted by Crippen LogP contribution is 2.54. The summed E-state index contributed by atoms with van der Waals surface area (Å²) in [6.45, 7) is 9.55. The Morgan fingerprint density at radius 1 is 1.07 bits per heavy atom. The van der Waals surface area contributed by atoms with Crippen molar-refractivity contribution in [1.82, 2.24) is 9.55 Å². The Hall–Kier alpha value is -1.28. The zero-order valence-corrected chi connectivity index (χ0v) is 20.1. The molecule has 5 nitrogen and oxygen atoms in total. The van der Waals surface area contributed by atoms with Gasteiger partial charge in [0.05, 0.1) is 17.8 Å². The lowest BCUT2D eigenvalue weighted by Crippen LogP contribution is -2.41. The number of nitrogens with zero attached hydrogens (tertiary/aromatic N) is 2. The maximum absolute atomic E-state index is 6.20. The van der Waals surface area contributed by atoms with E-state index in [2.05, 4.69) is 74.4 Å². The molecule has 1 aliphatic rings. The van der Waals surface area contributed by atoms with Crippen LogP contribution in [-0.2, 0) is 20.8 Å². The van der Waals surface area contributed by atoms with Gasteiger partial charge in [0.1, 0.15) is 12.6 Å². The van der Waals surface area contributed by atoms with Crippen LogP contribution in [0.3, 0.4) is 0 Å². The van der Waals surface area contributed by atoms with E-state index in [4.69, 9.17) is 14.0 Å². The Balaban J connectivity index is 1.72. The van der Waals surface area contributed by atoms with Crippen LogP contribution in [0.4, 0.5) is 0 Å². The van der Waals surface area contributed by atoms with Gasteiger partial charge in [0, 0.05) is 18.0 Å². The second-order valence-electron chi connectivity index (χ2n) is 11.1. The Kier molecular flexibility index (Phi) is 5.76. The Morgan fingerprint density at radius 2 is 1.72 bits per heavy atom. The highest BCUT2D eigenvalue weighted by atomic mass is 32.3. The van der Waals surface area contributed by atoms with Gasteiger partial charge in [-0.3, -0.25) is 9.16 Å². The molecule has 29 heavy (non-hydrogen) atoms. The standard InChI is InChI=1S/C22H37BN2O3S/c1-21(2)22(3,4)28-23(27-21)19-11-9-10-18(16-19)20-24-12-13-25(20)17-26-14-15-29(5,6,7)8/h9-13,16,29H,14-15,17H2,1-8H3. The first kappa shape index (κ1) is 22.4. The molecule has 1 aliphatic heterocycles. The van der Waals surface area contributed by atoms with Gasteiger partial charge in [0.2, 0.25) is 0 Å². The van der Waals surface area contributed by atoms with E-state index in [1.54, 1.807) is 0 Å². The minimum Gasteiger partial charge on any atom is -0.399 e. The van der Waals surface area contributed by atoms with Crippen LogP contribution in [0.1, 0.15) is 27.7 Å². The molecule has 0 unspecified atom stereocenters. The molecule has 0 aliphatic carbocycles. The van der Waals surface area contributed by atoms with Crippen molar-refractivity contribution in [1.29, 1.82) is 0 Å². The molecule has 0 bridgehead atoms. The van der Waals surface area contributed by atoms with Crippen LogP contribution in [-0.4, -0.2) is 65.3 Å². The van der Waals surface area contributed by atoms with Crippen LogP contribution in [0.25, 0.3) is 11.4 Å². The third-order valence-corrected chi connectivity index (χ3v) is 7.72. The number of imidazole rings is 1. The zero-order valence-electron chi connectivity index (χ0n) is 19.2. The van der Waals surface area contributed by atoms with E-state index < -0.39 is 9.16 Å². The van der Waals surface area contributed by atoms with Gasteiger partial charge in [-0.25, -0.2) is 4.98 Å². The summed E-state index contributed by atoms with van der Waals surface area (Å²) in [6.07, 6.45) is 13.3. The molecule has 1 saturated heterocycles. The van der Waals surface area contributed by atoms with E-state index in [-0.39, 0.29) is 18.3 Å². The number of benzene rings is 1. The molecule has 0 N–H and O–H groups in total. The Labute approximate surface area is 176 Å². The summed E-state index contributed by atoms with van der Waals surface area (Å²) >= 11 is 0. The topological polar surface area (TPSA) is 45.5 Å². The van der Waals surface area contributed by atoms with Crippen LogP contribution in [0, 0.1) is 0 Å². The minimum absolute atomic E-state index is 0.354. The number of thiol groups is 1. The van der Waals surface area contributed by atoms with Crippen LogP contribution in [0.15, 0.2) is 36.7 Å². The molecular formula is C22H37BN2O3S. The third kappa shape index (κ3) is 5.46. The Morgan fingerprint density at radius 3 is 2.34 bits per heavy atom. The van der Waals surface area contributed by atoms with Gasteiger partial charge in [-0.1, -0.05) is 24.3 Å². The second kappa shape index (κ2) is 7.45. The minimum atomic E-state index is -1.54. The molecule has 0 atom stereocenters. The molecule has 162 valence electrons. The SMILES string of the molecule is CC1(C)OB(c2cccc(-c3nccn3COCC[SH](C)(C)(C)C)c2)OC1(C)C. The van der Waals surface area contributed by atoms with E-state index in [1.807, 2.05) is 24.5 Å². The molecule has 0 amide bonds. The molecule has 0 spiro atoms. The van der Waals surface area contributed by atoms with E-state index >= 15 is 0 Å². The predicted molar refractivity (Wildman–Crippen MR) is 127 cm³/mol. The van der Waals surface area contributed by atoms with Crippen molar-refractivity contribution >= 4 is 21.7 Å². The monoisotopic (exact) mass is 420 g/mol. The average Bonchev–Trinajstić information content (AvgIpc) is 3.12. The fraction of sp³-hybridized carbons (Fsp3) is 0.591. The van der Waals surface area contributed by atoms with Crippen molar-refractivity contribution in [3.05, 3.63) is 36.7 Å². The Bertz CT molecular complexity index is 845. The van der Waals surface area contributed by atoms with Gasteiger partial charge in [0.25, 0.3) is 0 Å². The lowest BCUT2D eigenvalue weighted by Gasteiger charge is -2.46. The molecule has 1 aromatic heterocycles. The van der Waals surface area contributed by atoms with Crippen LogP contribution in [0.5, 0.6) is 0 Å². The summed E-state index contributed by atoms with van der Waals surface area (Å²) in [5.41, 5.74) is 1.32. The van der Waals surface area contributed by atoms with E-state index in [0.29, 0.717) is 6.73 Å². The predicted octanol–water partition coefficient (Wildman–Crippen LogP) is 3.42. The summed E-state index contributed by atoms with van der Waals surface area (Å²) < 4.78 is 20.4. The van der Waals surface area contributed by atoms with Gasteiger partial charge in [0.15, 0.2) is 0 Å². The van der Waals surface area contributed by atoms with Crippen molar-refractivity contribution in [3.8, 4) is 11.4 Å². The number of hydrogen-bond donors (Lipinski definition) is 1. The quantitative estimate of drug-likeness (QED) is 0.424. The molecule has 2 heterocycles. The van der Waals surface area contributed by atoms with Crippen molar-refractivity contribution in [2.45, 2.75) is 45.6 Å². The molecule has 2 aromatic rings. The fourth-order valence-corrected chi connectivity index (χ4v) is 3.93. The molecular weight excluding hydrogens is 383 g/mol. The summed E-state index contributed by atoms with van der Waals surface area (Å²) in [7, 11) is -1.92. The molecule has 0 saturated carbocycles. The lowest BCUT2D eigenvalue weighted by molar-refractivity contribution is 0.00578. The number of aromatic nitrogens is 2. The van der Waals surface area contributed by atoms with Gasteiger partial charge in [-0.15, -0.1) is 0 Å². The smallest absolute Gasteiger partial charge is 0.399 e. The van der Waals surface area contributed by atoms with Crippen LogP contribution >= 0.6 is 9.16 Å². The van der Waals surface area contributed by atoms with Gasteiger partial charge >= 0.3 is 7.12 Å². The van der Waals surface area contributed by atoms with Crippen molar-refractivity contribution in [2.75, 3.05) is 37.4 Å². The summed E-state index contributed by atoms with van der Waals surface area (Å²) in [5, 5.41) is 0. The summed E-state index contributed by atoms with van der Waals surface area (Å²) in [4.78, 5) is 4.56. The maximum atomic E-state index is 6.20. The normalized spacial score (nSPS) is 19.9. The zero-order chi connectivity index (χ0) is 21.5. The summed E-state index contributed by atoms with van der Waals surface area (Å²) in [6, 6.07) is 8.24. The van der Waals surface area contributed by atoms with E-state index in [0.717, 1.165) is 29.2 Å². The lowest BCUT2D eigenvalue weighted by atomic mass is 9.78. The van der Waals surface area contributed by atoms with Crippen LogP contribution < -0.4 is 5.46 Å². The van der Waals surface area contributed by atoms with Crippen molar-refractivity contribution in [2.24, 2.45) is 0 Å². The summed E-state index contributed by atoms with van der Waals surface area (Å²) in [5.74, 6) is 2.01. The molecule has 7 heteroatoms. The highest BCUT2D eigenvalue weighted by Gasteiger charge is 2.51. The van der Waals surface area contributed by atoms with Gasteiger partial charge in [-0.2, -0.15) is 0 Å². The van der Waals surface area contributed by atoms with Gasteiger partial charge in [-0.05, 0) is 63.9 Å². The third-order valence-electron chi connectivity index (χ3n) is 5.75. The molecule has 1 fully saturated rings. The highest BCUT2D eigenvalue weighted by molar-refractivity contribution is 8.47. The van der Waals surface area contributed by atoms with E-state index in [1.165, 1.54) is 0 Å². The number of rotatable bonds is 7. The maximum Gasteiger partial charge on any atom is 0.494 e. The largest absolute Gasteiger partial charge is 0.494 e. The fourth-order valence-electron chi connectivity index (χ4n) is 3.07. The van der Waals surface area contributed by atoms with Crippen LogP contribution in [0.2, 0.25) is 0 Å². The molecule has 3 rings (SSSR count). The number of hydrogen-bond acceptors (Lipinski definition) is 4. The molecule has 1 aromatic carbocycles. The first-order valence-corrected chi connectivity index (χ1v) is 14.5. The second-order valence-corrected chi connectivity index (χ2v) is 19.5. The first-order valence-electron chi connectivity index (χ1n) is 10.3. The van der Waals surface area contributed by atoms with Crippen molar-refractivity contribution < 1.29 is 14.0 Å². The molecule has 0 radical (unpaired) electrons. The first-order chi connectivity index (χ1) is 13.2. The van der Waals surface area contributed by atoms with E-state index in [9.17, 15) is 0 Å². The van der Waals surface area contributed by atoms with Gasteiger partial charge < -0.3 is 18.6 Å². The average molecular weight is 420 g/mol.